The zero-order valence-electron chi connectivity index (χ0n) is 9.85. The zero-order chi connectivity index (χ0) is 12.4. The molecule has 2 amide bonds. The largest absolute Gasteiger partial charge is 0.326 e. The van der Waals surface area contributed by atoms with Gasteiger partial charge < -0.3 is 5.73 Å². The molecule has 2 N–H and O–H groups in total. The number of carbonyl (C=O) groups excluding carboxylic acids is 2. The monoisotopic (exact) mass is 232 g/mol. The van der Waals surface area contributed by atoms with Crippen LogP contribution in [-0.2, 0) is 16.0 Å². The SMILES string of the molecule is Cc1ccc(CC(=O)N2CC(N)CC2=O)cc1. The summed E-state index contributed by atoms with van der Waals surface area (Å²) in [6, 6.07) is 7.53. The van der Waals surface area contributed by atoms with Crippen LogP contribution in [0.15, 0.2) is 24.3 Å². The molecule has 17 heavy (non-hydrogen) atoms. The Morgan fingerprint density at radius 1 is 1.41 bits per heavy atom. The summed E-state index contributed by atoms with van der Waals surface area (Å²) in [6.45, 7) is 2.35. The van der Waals surface area contributed by atoms with E-state index in [4.69, 9.17) is 5.73 Å². The molecule has 1 aromatic rings. The number of aryl methyl sites for hydroxylation is 1. The van der Waals surface area contributed by atoms with Crippen LogP contribution in [0.25, 0.3) is 0 Å². The van der Waals surface area contributed by atoms with Gasteiger partial charge in [0, 0.05) is 19.0 Å². The van der Waals surface area contributed by atoms with E-state index in [9.17, 15) is 9.59 Å². The number of hydrogen-bond donors (Lipinski definition) is 1. The van der Waals surface area contributed by atoms with Crippen molar-refractivity contribution in [3.63, 3.8) is 0 Å². The number of nitrogens with zero attached hydrogens (tertiary/aromatic N) is 1. The fraction of sp³-hybridized carbons (Fsp3) is 0.385. The van der Waals surface area contributed by atoms with Crippen LogP contribution in [0.5, 0.6) is 0 Å². The van der Waals surface area contributed by atoms with E-state index < -0.39 is 0 Å². The minimum atomic E-state index is -0.204. The van der Waals surface area contributed by atoms with Gasteiger partial charge in [0.2, 0.25) is 11.8 Å². The molecular formula is C13H16N2O2. The first-order valence-electron chi connectivity index (χ1n) is 5.70. The van der Waals surface area contributed by atoms with E-state index in [1.54, 1.807) is 0 Å². The molecule has 0 radical (unpaired) electrons. The molecule has 1 atom stereocenters. The molecule has 0 saturated carbocycles. The summed E-state index contributed by atoms with van der Waals surface area (Å²) in [5.74, 6) is -0.318. The summed E-state index contributed by atoms with van der Waals surface area (Å²) in [5, 5.41) is 0. The van der Waals surface area contributed by atoms with Gasteiger partial charge in [0.05, 0.1) is 6.42 Å². The van der Waals surface area contributed by atoms with E-state index in [-0.39, 0.29) is 30.7 Å². The van der Waals surface area contributed by atoms with Gasteiger partial charge in [-0.15, -0.1) is 0 Å². The third-order valence-corrected chi connectivity index (χ3v) is 2.93. The van der Waals surface area contributed by atoms with Gasteiger partial charge in [0.25, 0.3) is 0 Å². The van der Waals surface area contributed by atoms with Crippen LogP contribution in [0, 0.1) is 6.92 Å². The molecule has 0 bridgehead atoms. The van der Waals surface area contributed by atoms with Crippen LogP contribution in [-0.4, -0.2) is 29.3 Å². The Hall–Kier alpha value is -1.68. The van der Waals surface area contributed by atoms with Crippen LogP contribution >= 0.6 is 0 Å². The Labute approximate surface area is 100 Å². The molecule has 0 aliphatic carbocycles. The number of imide groups is 1. The molecule has 1 fully saturated rings. The number of rotatable bonds is 2. The van der Waals surface area contributed by atoms with Gasteiger partial charge in [0.1, 0.15) is 0 Å². The van der Waals surface area contributed by atoms with E-state index in [0.29, 0.717) is 6.54 Å². The lowest BCUT2D eigenvalue weighted by atomic mass is 10.1. The summed E-state index contributed by atoms with van der Waals surface area (Å²) in [7, 11) is 0. The van der Waals surface area contributed by atoms with Gasteiger partial charge in [-0.1, -0.05) is 29.8 Å². The maximum Gasteiger partial charge on any atom is 0.233 e. The fourth-order valence-electron chi connectivity index (χ4n) is 1.95. The highest BCUT2D eigenvalue weighted by Crippen LogP contribution is 2.12. The fourth-order valence-corrected chi connectivity index (χ4v) is 1.95. The number of amides is 2. The van der Waals surface area contributed by atoms with Crippen LogP contribution < -0.4 is 5.73 Å². The molecule has 1 unspecified atom stereocenters. The number of carbonyl (C=O) groups is 2. The van der Waals surface area contributed by atoms with Crippen molar-refractivity contribution in [2.45, 2.75) is 25.8 Å². The lowest BCUT2D eigenvalue weighted by Gasteiger charge is -2.13. The van der Waals surface area contributed by atoms with Gasteiger partial charge in [-0.3, -0.25) is 14.5 Å². The lowest BCUT2D eigenvalue weighted by Crippen LogP contribution is -2.35. The van der Waals surface area contributed by atoms with E-state index >= 15 is 0 Å². The Kier molecular flexibility index (Phi) is 3.24. The van der Waals surface area contributed by atoms with Crippen molar-refractivity contribution in [1.29, 1.82) is 0 Å². The van der Waals surface area contributed by atoms with Gasteiger partial charge in [-0.2, -0.15) is 0 Å². The van der Waals surface area contributed by atoms with Crippen molar-refractivity contribution in [1.82, 2.24) is 4.90 Å². The van der Waals surface area contributed by atoms with E-state index in [2.05, 4.69) is 0 Å². The second-order valence-corrected chi connectivity index (χ2v) is 4.52. The van der Waals surface area contributed by atoms with Crippen LogP contribution in [0.2, 0.25) is 0 Å². The Morgan fingerprint density at radius 2 is 2.06 bits per heavy atom. The zero-order valence-corrected chi connectivity index (χ0v) is 9.85. The summed E-state index contributed by atoms with van der Waals surface area (Å²) in [5.41, 5.74) is 7.73. The second kappa shape index (κ2) is 4.67. The number of nitrogens with two attached hydrogens (primary N) is 1. The predicted octanol–water partition coefficient (Wildman–Crippen LogP) is 0.624. The van der Waals surface area contributed by atoms with Crippen molar-refractivity contribution < 1.29 is 9.59 Å². The number of hydrogen-bond acceptors (Lipinski definition) is 3. The summed E-state index contributed by atoms with van der Waals surface area (Å²) in [6.07, 6.45) is 0.540. The first-order chi connectivity index (χ1) is 8.06. The molecular weight excluding hydrogens is 216 g/mol. The molecule has 0 spiro atoms. The molecule has 2 rings (SSSR count). The molecule has 4 nitrogen and oxygen atoms in total. The lowest BCUT2D eigenvalue weighted by molar-refractivity contribution is -0.141. The van der Waals surface area contributed by atoms with E-state index in [0.717, 1.165) is 11.1 Å². The van der Waals surface area contributed by atoms with Crippen LogP contribution in [0.3, 0.4) is 0 Å². The average molecular weight is 232 g/mol. The van der Waals surface area contributed by atoms with Crippen molar-refractivity contribution in [3.05, 3.63) is 35.4 Å². The topological polar surface area (TPSA) is 63.4 Å². The third kappa shape index (κ3) is 2.71. The Morgan fingerprint density at radius 3 is 2.59 bits per heavy atom. The van der Waals surface area contributed by atoms with Crippen molar-refractivity contribution >= 4 is 11.8 Å². The molecule has 1 aliphatic heterocycles. The predicted molar refractivity (Wildman–Crippen MR) is 64.2 cm³/mol. The normalized spacial score (nSPS) is 19.8. The highest BCUT2D eigenvalue weighted by atomic mass is 16.2. The summed E-state index contributed by atoms with van der Waals surface area (Å²) < 4.78 is 0. The van der Waals surface area contributed by atoms with Gasteiger partial charge >= 0.3 is 0 Å². The third-order valence-electron chi connectivity index (χ3n) is 2.93. The summed E-state index contributed by atoms with van der Waals surface area (Å²) in [4.78, 5) is 24.7. The van der Waals surface area contributed by atoms with Gasteiger partial charge in [0.15, 0.2) is 0 Å². The van der Waals surface area contributed by atoms with E-state index in [1.165, 1.54) is 4.90 Å². The van der Waals surface area contributed by atoms with Gasteiger partial charge in [-0.25, -0.2) is 0 Å². The first-order valence-corrected chi connectivity index (χ1v) is 5.70. The van der Waals surface area contributed by atoms with Crippen molar-refractivity contribution in [2.24, 2.45) is 5.73 Å². The van der Waals surface area contributed by atoms with E-state index in [1.807, 2.05) is 31.2 Å². The molecule has 1 heterocycles. The van der Waals surface area contributed by atoms with Crippen LogP contribution in [0.1, 0.15) is 17.5 Å². The molecule has 1 aliphatic rings. The molecule has 1 saturated heterocycles. The van der Waals surface area contributed by atoms with Gasteiger partial charge in [-0.05, 0) is 12.5 Å². The quantitative estimate of drug-likeness (QED) is 0.813. The van der Waals surface area contributed by atoms with Crippen molar-refractivity contribution in [2.75, 3.05) is 6.54 Å². The standard InChI is InChI=1S/C13H16N2O2/c1-9-2-4-10(5-3-9)6-12(16)15-8-11(14)7-13(15)17/h2-5,11H,6-8,14H2,1H3. The number of likely N-dealkylation sites (tertiary alicyclic amines) is 1. The highest BCUT2D eigenvalue weighted by Gasteiger charge is 2.31. The summed E-state index contributed by atoms with van der Waals surface area (Å²) >= 11 is 0. The average Bonchev–Trinajstić information content (AvgIpc) is 2.61. The van der Waals surface area contributed by atoms with Crippen molar-refractivity contribution in [3.8, 4) is 0 Å². The molecule has 90 valence electrons. The smallest absolute Gasteiger partial charge is 0.233 e. The maximum absolute atomic E-state index is 11.9. The second-order valence-electron chi connectivity index (χ2n) is 4.52. The highest BCUT2D eigenvalue weighted by molar-refractivity contribution is 5.98. The molecule has 0 aromatic heterocycles. The maximum atomic E-state index is 11.9. The first kappa shape index (κ1) is 11.8. The minimum absolute atomic E-state index is 0.158. The Balaban J connectivity index is 2.02. The molecule has 4 heteroatoms. The Bertz CT molecular complexity index is 439. The van der Waals surface area contributed by atoms with Crippen LogP contribution in [0.4, 0.5) is 0 Å². The molecule has 1 aromatic carbocycles. The minimum Gasteiger partial charge on any atom is -0.326 e. The number of benzene rings is 1.